The van der Waals surface area contributed by atoms with E-state index in [2.05, 4.69) is 12.2 Å². The number of rotatable bonds is 0. The van der Waals surface area contributed by atoms with Gasteiger partial charge in [0.1, 0.15) is 0 Å². The molecule has 2 fully saturated rings. The molecule has 3 unspecified atom stereocenters. The van der Waals surface area contributed by atoms with Crippen LogP contribution in [0.15, 0.2) is 0 Å². The van der Waals surface area contributed by atoms with Gasteiger partial charge in [-0.2, -0.15) is 0 Å². The Kier molecular flexibility index (Phi) is 1.72. The highest BCUT2D eigenvalue weighted by atomic mass is 16.4. The van der Waals surface area contributed by atoms with E-state index in [9.17, 15) is 4.79 Å². The van der Waals surface area contributed by atoms with Crippen molar-refractivity contribution in [3.8, 4) is 0 Å². The number of amides is 1. The molecule has 4 heteroatoms. The predicted molar refractivity (Wildman–Crippen MR) is 44.1 cm³/mol. The van der Waals surface area contributed by atoms with Crippen molar-refractivity contribution in [1.82, 2.24) is 10.2 Å². The Hall–Kier alpha value is -0.770. The topological polar surface area (TPSA) is 52.6 Å². The molecule has 2 saturated heterocycles. The van der Waals surface area contributed by atoms with Gasteiger partial charge in [0.05, 0.1) is 0 Å². The quantitative estimate of drug-likeness (QED) is 0.551. The minimum atomic E-state index is -0.779. The van der Waals surface area contributed by atoms with Gasteiger partial charge < -0.3 is 15.3 Å². The van der Waals surface area contributed by atoms with Gasteiger partial charge in [-0.3, -0.25) is 0 Å². The van der Waals surface area contributed by atoms with Crippen LogP contribution in [0.5, 0.6) is 0 Å². The summed E-state index contributed by atoms with van der Waals surface area (Å²) in [5.74, 6) is 0.552. The highest BCUT2D eigenvalue weighted by Gasteiger charge is 2.40. The summed E-state index contributed by atoms with van der Waals surface area (Å²) in [6.45, 7) is 3.55. The maximum Gasteiger partial charge on any atom is 0.407 e. The average molecular weight is 170 g/mol. The third kappa shape index (κ3) is 1.16. The maximum absolute atomic E-state index is 10.6. The van der Waals surface area contributed by atoms with E-state index in [0.29, 0.717) is 24.5 Å². The summed E-state index contributed by atoms with van der Waals surface area (Å²) in [7, 11) is 0. The zero-order valence-electron chi connectivity index (χ0n) is 7.16. The Morgan fingerprint density at radius 1 is 1.58 bits per heavy atom. The molecule has 12 heavy (non-hydrogen) atoms. The highest BCUT2D eigenvalue weighted by Crippen LogP contribution is 2.27. The largest absolute Gasteiger partial charge is 0.465 e. The molecule has 0 aliphatic carbocycles. The molecule has 2 heterocycles. The fourth-order valence-electron chi connectivity index (χ4n) is 2.34. The second-order valence-electron chi connectivity index (χ2n) is 3.86. The summed E-state index contributed by atoms with van der Waals surface area (Å²) in [6, 6.07) is 0.979. The molecule has 3 atom stereocenters. The summed E-state index contributed by atoms with van der Waals surface area (Å²) >= 11 is 0. The maximum atomic E-state index is 10.6. The van der Waals surface area contributed by atoms with Crippen LogP contribution in [0.3, 0.4) is 0 Å². The molecule has 0 radical (unpaired) electrons. The molecule has 0 aromatic rings. The molecule has 4 nitrogen and oxygen atoms in total. The number of nitrogens with one attached hydrogen (secondary N) is 1. The molecule has 2 aliphatic heterocycles. The summed E-state index contributed by atoms with van der Waals surface area (Å²) in [5.41, 5.74) is 0. The van der Waals surface area contributed by atoms with Crippen LogP contribution in [0.2, 0.25) is 0 Å². The van der Waals surface area contributed by atoms with Crippen molar-refractivity contribution in [2.24, 2.45) is 5.92 Å². The molecule has 2 rings (SSSR count). The average Bonchev–Trinajstić information content (AvgIpc) is 2.42. The van der Waals surface area contributed by atoms with E-state index in [1.165, 1.54) is 4.90 Å². The van der Waals surface area contributed by atoms with E-state index >= 15 is 0 Å². The molecular weight excluding hydrogens is 156 g/mol. The minimum Gasteiger partial charge on any atom is -0.465 e. The van der Waals surface area contributed by atoms with Gasteiger partial charge in [-0.25, -0.2) is 4.79 Å². The second kappa shape index (κ2) is 2.62. The second-order valence-corrected chi connectivity index (χ2v) is 3.86. The Labute approximate surface area is 71.5 Å². The zero-order valence-corrected chi connectivity index (χ0v) is 7.16. The van der Waals surface area contributed by atoms with Crippen LogP contribution < -0.4 is 5.32 Å². The lowest BCUT2D eigenvalue weighted by molar-refractivity contribution is 0.152. The SMILES string of the molecule is CC1CC2CN(C(=O)O)CC2N1. The van der Waals surface area contributed by atoms with E-state index in [1.807, 2.05) is 0 Å². The Morgan fingerprint density at radius 3 is 2.92 bits per heavy atom. The Balaban J connectivity index is 1.98. The number of fused-ring (bicyclic) bond motifs is 1. The normalized spacial score (nSPS) is 40.1. The first-order valence-corrected chi connectivity index (χ1v) is 4.40. The van der Waals surface area contributed by atoms with Crippen molar-refractivity contribution in [2.75, 3.05) is 13.1 Å². The molecule has 0 aromatic heterocycles. The fourth-order valence-corrected chi connectivity index (χ4v) is 2.34. The lowest BCUT2D eigenvalue weighted by atomic mass is 10.0. The van der Waals surface area contributed by atoms with Gasteiger partial charge in [0.2, 0.25) is 0 Å². The summed E-state index contributed by atoms with van der Waals surface area (Å²) in [4.78, 5) is 12.1. The van der Waals surface area contributed by atoms with Gasteiger partial charge in [-0.15, -0.1) is 0 Å². The zero-order chi connectivity index (χ0) is 8.72. The summed E-state index contributed by atoms with van der Waals surface area (Å²) < 4.78 is 0. The lowest BCUT2D eigenvalue weighted by Crippen LogP contribution is -2.35. The highest BCUT2D eigenvalue weighted by molar-refractivity contribution is 5.65. The molecule has 0 saturated carbocycles. The third-order valence-corrected chi connectivity index (χ3v) is 2.87. The summed E-state index contributed by atoms with van der Waals surface area (Å²) in [6.07, 6.45) is 0.341. The van der Waals surface area contributed by atoms with E-state index in [1.54, 1.807) is 0 Å². The van der Waals surface area contributed by atoms with Crippen molar-refractivity contribution in [3.63, 3.8) is 0 Å². The first-order valence-electron chi connectivity index (χ1n) is 4.40. The fraction of sp³-hybridized carbons (Fsp3) is 0.875. The standard InChI is InChI=1S/C8H14N2O2/c1-5-2-6-3-10(8(11)12)4-7(6)9-5/h5-7,9H,2-4H2,1H3,(H,11,12). The Bertz CT molecular complexity index is 193. The van der Waals surface area contributed by atoms with Gasteiger partial charge in [0.15, 0.2) is 0 Å². The van der Waals surface area contributed by atoms with Gasteiger partial charge in [0, 0.05) is 25.2 Å². The van der Waals surface area contributed by atoms with Crippen LogP contribution in [0.25, 0.3) is 0 Å². The van der Waals surface area contributed by atoms with Gasteiger partial charge in [0.25, 0.3) is 0 Å². The molecule has 0 spiro atoms. The third-order valence-electron chi connectivity index (χ3n) is 2.87. The van der Waals surface area contributed by atoms with Crippen molar-refractivity contribution in [3.05, 3.63) is 0 Å². The van der Waals surface area contributed by atoms with Crippen molar-refractivity contribution in [1.29, 1.82) is 0 Å². The number of carboxylic acid groups (broad SMARTS) is 1. The molecular formula is C8H14N2O2. The first kappa shape index (κ1) is 7.86. The lowest BCUT2D eigenvalue weighted by Gasteiger charge is -2.14. The van der Waals surface area contributed by atoms with E-state index < -0.39 is 6.09 Å². The smallest absolute Gasteiger partial charge is 0.407 e. The van der Waals surface area contributed by atoms with Crippen molar-refractivity contribution >= 4 is 6.09 Å². The van der Waals surface area contributed by atoms with Crippen molar-refractivity contribution < 1.29 is 9.90 Å². The van der Waals surface area contributed by atoms with Gasteiger partial charge in [-0.1, -0.05) is 0 Å². The molecule has 0 aromatic carbocycles. The predicted octanol–water partition coefficient (Wildman–Crippen LogP) is 0.347. The summed E-state index contributed by atoms with van der Waals surface area (Å²) in [5, 5.41) is 12.1. The molecule has 0 bridgehead atoms. The van der Waals surface area contributed by atoms with Crippen LogP contribution in [0.4, 0.5) is 4.79 Å². The van der Waals surface area contributed by atoms with Crippen LogP contribution in [0, 0.1) is 5.92 Å². The Morgan fingerprint density at radius 2 is 2.33 bits per heavy atom. The van der Waals surface area contributed by atoms with Crippen LogP contribution in [0.1, 0.15) is 13.3 Å². The first-order chi connectivity index (χ1) is 5.66. The monoisotopic (exact) mass is 170 g/mol. The number of likely N-dealkylation sites (tertiary alicyclic amines) is 1. The van der Waals surface area contributed by atoms with Crippen molar-refractivity contribution in [2.45, 2.75) is 25.4 Å². The van der Waals surface area contributed by atoms with Gasteiger partial charge in [-0.05, 0) is 19.3 Å². The van der Waals surface area contributed by atoms with E-state index in [0.717, 1.165) is 13.0 Å². The molecule has 2 aliphatic rings. The number of hydrogen-bond acceptors (Lipinski definition) is 2. The van der Waals surface area contributed by atoms with Crippen LogP contribution in [-0.4, -0.2) is 41.3 Å². The number of hydrogen-bond donors (Lipinski definition) is 2. The number of nitrogens with zero attached hydrogens (tertiary/aromatic N) is 1. The number of carbonyl (C=O) groups is 1. The van der Waals surface area contributed by atoms with Crippen LogP contribution in [-0.2, 0) is 0 Å². The van der Waals surface area contributed by atoms with E-state index in [-0.39, 0.29) is 0 Å². The molecule has 2 N–H and O–H groups in total. The molecule has 1 amide bonds. The minimum absolute atomic E-state index is 0.413. The van der Waals surface area contributed by atoms with Crippen LogP contribution >= 0.6 is 0 Å². The van der Waals surface area contributed by atoms with E-state index in [4.69, 9.17) is 5.11 Å². The van der Waals surface area contributed by atoms with Gasteiger partial charge >= 0.3 is 6.09 Å². The molecule has 68 valence electrons.